The molecule has 1 aliphatic carbocycles. The fourth-order valence-electron chi connectivity index (χ4n) is 2.33. The molecular weight excluding hydrogens is 302 g/mol. The Morgan fingerprint density at radius 1 is 1.41 bits per heavy atom. The van der Waals surface area contributed by atoms with Gasteiger partial charge < -0.3 is 10.1 Å². The molecule has 2 heterocycles. The number of amides is 1. The first-order chi connectivity index (χ1) is 8.24. The lowest BCUT2D eigenvalue weighted by atomic mass is 10.1. The van der Waals surface area contributed by atoms with Crippen LogP contribution in [-0.4, -0.2) is 24.7 Å². The Balaban J connectivity index is 1.64. The second kappa shape index (κ2) is 4.71. The number of carbonyl (C=O) groups excluding carboxylic acids is 1. The van der Waals surface area contributed by atoms with Gasteiger partial charge in [-0.15, -0.1) is 11.3 Å². The second-order valence-electron chi connectivity index (χ2n) is 4.65. The first-order valence-electron chi connectivity index (χ1n) is 5.92. The molecule has 3 rings (SSSR count). The lowest BCUT2D eigenvalue weighted by molar-refractivity contribution is 0.0731. The van der Waals surface area contributed by atoms with Gasteiger partial charge in [-0.1, -0.05) is 0 Å². The zero-order valence-electron chi connectivity index (χ0n) is 9.32. The molecule has 0 radical (unpaired) electrons. The van der Waals surface area contributed by atoms with Crippen LogP contribution in [0.5, 0.6) is 0 Å². The summed E-state index contributed by atoms with van der Waals surface area (Å²) in [6, 6.07) is 3.96. The Bertz CT molecular complexity index is 430. The summed E-state index contributed by atoms with van der Waals surface area (Å²) in [7, 11) is 0. The highest BCUT2D eigenvalue weighted by Gasteiger charge is 2.41. The quantitative estimate of drug-likeness (QED) is 0.931. The van der Waals surface area contributed by atoms with Crippen molar-refractivity contribution in [2.24, 2.45) is 5.92 Å². The van der Waals surface area contributed by atoms with Crippen molar-refractivity contribution in [1.82, 2.24) is 5.32 Å². The zero-order valence-corrected chi connectivity index (χ0v) is 11.7. The third-order valence-electron chi connectivity index (χ3n) is 3.34. The molecule has 1 aromatic heterocycles. The van der Waals surface area contributed by atoms with E-state index < -0.39 is 0 Å². The molecule has 5 heteroatoms. The van der Waals surface area contributed by atoms with Crippen LogP contribution in [0.2, 0.25) is 0 Å². The van der Waals surface area contributed by atoms with Gasteiger partial charge in [-0.2, -0.15) is 0 Å². The van der Waals surface area contributed by atoms with E-state index in [0.717, 1.165) is 21.7 Å². The van der Waals surface area contributed by atoms with Gasteiger partial charge >= 0.3 is 0 Å². The molecule has 0 aromatic carbocycles. The van der Waals surface area contributed by atoms with Crippen LogP contribution >= 0.6 is 27.3 Å². The molecule has 2 fully saturated rings. The van der Waals surface area contributed by atoms with E-state index >= 15 is 0 Å². The molecule has 1 saturated heterocycles. The van der Waals surface area contributed by atoms with E-state index in [2.05, 4.69) is 21.2 Å². The van der Waals surface area contributed by atoms with Gasteiger partial charge in [0.15, 0.2) is 0 Å². The third kappa shape index (κ3) is 2.56. The SMILES string of the molecule is O=C(NC1CCOC1C1CC1)c1ccc(Br)s1. The van der Waals surface area contributed by atoms with Crippen LogP contribution in [0.1, 0.15) is 28.9 Å². The van der Waals surface area contributed by atoms with Crippen molar-refractivity contribution in [2.75, 3.05) is 6.61 Å². The summed E-state index contributed by atoms with van der Waals surface area (Å²) in [5, 5.41) is 3.11. The number of carbonyl (C=O) groups is 1. The van der Waals surface area contributed by atoms with Crippen molar-refractivity contribution in [2.45, 2.75) is 31.4 Å². The predicted molar refractivity (Wildman–Crippen MR) is 70.4 cm³/mol. The summed E-state index contributed by atoms with van der Waals surface area (Å²) in [6.07, 6.45) is 3.70. The predicted octanol–water partition coefficient (Wildman–Crippen LogP) is 2.81. The van der Waals surface area contributed by atoms with Crippen molar-refractivity contribution in [1.29, 1.82) is 0 Å². The zero-order chi connectivity index (χ0) is 11.8. The number of nitrogens with one attached hydrogen (secondary N) is 1. The number of ether oxygens (including phenoxy) is 1. The van der Waals surface area contributed by atoms with Crippen molar-refractivity contribution >= 4 is 33.2 Å². The summed E-state index contributed by atoms with van der Waals surface area (Å²) in [6.45, 7) is 0.778. The highest BCUT2D eigenvalue weighted by atomic mass is 79.9. The maximum atomic E-state index is 12.0. The molecule has 17 heavy (non-hydrogen) atoms. The maximum absolute atomic E-state index is 12.0. The van der Waals surface area contributed by atoms with Gasteiger partial charge in [0.1, 0.15) is 0 Å². The third-order valence-corrected chi connectivity index (χ3v) is 4.96. The highest BCUT2D eigenvalue weighted by molar-refractivity contribution is 9.11. The minimum atomic E-state index is 0.0295. The van der Waals surface area contributed by atoms with Crippen LogP contribution in [0.15, 0.2) is 15.9 Å². The molecule has 0 spiro atoms. The topological polar surface area (TPSA) is 38.3 Å². The number of thiophene rings is 1. The van der Waals surface area contributed by atoms with Crippen LogP contribution in [0.25, 0.3) is 0 Å². The van der Waals surface area contributed by atoms with Crippen LogP contribution in [-0.2, 0) is 4.74 Å². The number of hydrogen-bond donors (Lipinski definition) is 1. The van der Waals surface area contributed by atoms with Gasteiger partial charge in [-0.05, 0) is 53.2 Å². The first kappa shape index (κ1) is 11.7. The molecule has 0 bridgehead atoms. The Hall–Kier alpha value is -0.390. The fourth-order valence-corrected chi connectivity index (χ4v) is 3.62. The van der Waals surface area contributed by atoms with Gasteiger partial charge in [-0.25, -0.2) is 0 Å². The van der Waals surface area contributed by atoms with Crippen LogP contribution in [0.4, 0.5) is 0 Å². The second-order valence-corrected chi connectivity index (χ2v) is 7.11. The minimum Gasteiger partial charge on any atom is -0.376 e. The van der Waals surface area contributed by atoms with E-state index in [1.807, 2.05) is 12.1 Å². The molecule has 1 saturated carbocycles. The molecule has 2 atom stereocenters. The van der Waals surface area contributed by atoms with Gasteiger partial charge in [0.2, 0.25) is 0 Å². The highest BCUT2D eigenvalue weighted by Crippen LogP contribution is 2.38. The molecule has 1 aromatic rings. The minimum absolute atomic E-state index is 0.0295. The van der Waals surface area contributed by atoms with Crippen molar-refractivity contribution in [3.8, 4) is 0 Å². The summed E-state index contributed by atoms with van der Waals surface area (Å²) < 4.78 is 6.70. The monoisotopic (exact) mass is 315 g/mol. The average Bonchev–Trinajstić information content (AvgIpc) is 2.89. The van der Waals surface area contributed by atoms with Crippen LogP contribution in [0.3, 0.4) is 0 Å². The molecule has 1 N–H and O–H groups in total. The average molecular weight is 316 g/mol. The lowest BCUT2D eigenvalue weighted by Gasteiger charge is -2.18. The van der Waals surface area contributed by atoms with Crippen LogP contribution < -0.4 is 5.32 Å². The van der Waals surface area contributed by atoms with Gasteiger partial charge in [-0.3, -0.25) is 4.79 Å². The molecule has 92 valence electrons. The van der Waals surface area contributed by atoms with E-state index in [-0.39, 0.29) is 18.1 Å². The Kier molecular flexibility index (Phi) is 3.23. The van der Waals surface area contributed by atoms with E-state index in [9.17, 15) is 4.79 Å². The summed E-state index contributed by atoms with van der Waals surface area (Å²) in [4.78, 5) is 12.8. The molecule has 2 unspecified atom stereocenters. The lowest BCUT2D eigenvalue weighted by Crippen LogP contribution is -2.41. The summed E-state index contributed by atoms with van der Waals surface area (Å²) in [5.74, 6) is 0.708. The Labute approximate surface area is 113 Å². The maximum Gasteiger partial charge on any atom is 0.261 e. The molecular formula is C12H14BrNO2S. The standard InChI is InChI=1S/C12H14BrNO2S/c13-10-4-3-9(17-10)12(15)14-8-5-6-16-11(8)7-1-2-7/h3-4,7-8,11H,1-2,5-6H2,(H,14,15). The molecule has 2 aliphatic rings. The number of hydrogen-bond acceptors (Lipinski definition) is 3. The fraction of sp³-hybridized carbons (Fsp3) is 0.583. The summed E-state index contributed by atoms with van der Waals surface area (Å²) >= 11 is 4.84. The van der Waals surface area contributed by atoms with E-state index in [1.165, 1.54) is 24.2 Å². The smallest absolute Gasteiger partial charge is 0.261 e. The van der Waals surface area contributed by atoms with Crippen LogP contribution in [0, 0.1) is 5.92 Å². The normalized spacial score (nSPS) is 28.3. The van der Waals surface area contributed by atoms with Crippen molar-refractivity contribution in [3.63, 3.8) is 0 Å². The van der Waals surface area contributed by atoms with Gasteiger partial charge in [0.25, 0.3) is 5.91 Å². The van der Waals surface area contributed by atoms with Crippen molar-refractivity contribution in [3.05, 3.63) is 20.8 Å². The molecule has 1 amide bonds. The van der Waals surface area contributed by atoms with Crippen molar-refractivity contribution < 1.29 is 9.53 Å². The van der Waals surface area contributed by atoms with Gasteiger partial charge in [0, 0.05) is 6.61 Å². The van der Waals surface area contributed by atoms with Gasteiger partial charge in [0.05, 0.1) is 20.8 Å². The largest absolute Gasteiger partial charge is 0.376 e. The Morgan fingerprint density at radius 3 is 2.88 bits per heavy atom. The number of rotatable bonds is 3. The molecule has 3 nitrogen and oxygen atoms in total. The first-order valence-corrected chi connectivity index (χ1v) is 7.53. The van der Waals surface area contributed by atoms with E-state index in [1.54, 1.807) is 0 Å². The Morgan fingerprint density at radius 2 is 2.24 bits per heavy atom. The van der Waals surface area contributed by atoms with E-state index in [0.29, 0.717) is 5.92 Å². The van der Waals surface area contributed by atoms with E-state index in [4.69, 9.17) is 4.74 Å². The number of halogens is 1. The molecule has 1 aliphatic heterocycles. The summed E-state index contributed by atoms with van der Waals surface area (Å²) in [5.41, 5.74) is 0.